The van der Waals surface area contributed by atoms with E-state index < -0.39 is 23.3 Å². The van der Waals surface area contributed by atoms with Gasteiger partial charge in [-0.15, -0.1) is 0 Å². The lowest BCUT2D eigenvalue weighted by atomic mass is 9.81. The van der Waals surface area contributed by atoms with E-state index in [0.29, 0.717) is 12.8 Å². The van der Waals surface area contributed by atoms with E-state index in [4.69, 9.17) is 5.11 Å². The van der Waals surface area contributed by atoms with E-state index in [1.165, 1.54) is 6.92 Å². The van der Waals surface area contributed by atoms with Crippen LogP contribution >= 0.6 is 0 Å². The number of carbonyl (C=O) groups is 2. The lowest BCUT2D eigenvalue weighted by Gasteiger charge is -2.24. The Morgan fingerprint density at radius 3 is 2.22 bits per heavy atom. The second kappa shape index (κ2) is 7.79. The summed E-state index contributed by atoms with van der Waals surface area (Å²) in [5.74, 6) is -2.39. The molecular weight excluding hydrogens is 236 g/mol. The van der Waals surface area contributed by atoms with Crippen LogP contribution in [0.2, 0.25) is 0 Å². The quantitative estimate of drug-likeness (QED) is 0.620. The SMILES string of the molecule is CCCC(CC)(CN=NCC(C)C(=O)O)C(=O)O. The molecule has 0 bridgehead atoms. The Balaban J connectivity index is 4.48. The van der Waals surface area contributed by atoms with Crippen molar-refractivity contribution in [2.24, 2.45) is 21.6 Å². The summed E-state index contributed by atoms with van der Waals surface area (Å²) < 4.78 is 0. The Morgan fingerprint density at radius 2 is 1.83 bits per heavy atom. The van der Waals surface area contributed by atoms with Crippen molar-refractivity contribution in [3.05, 3.63) is 0 Å². The van der Waals surface area contributed by atoms with Crippen molar-refractivity contribution < 1.29 is 19.8 Å². The second-order valence-electron chi connectivity index (χ2n) is 4.55. The number of hydrogen-bond donors (Lipinski definition) is 2. The number of hydrogen-bond acceptors (Lipinski definition) is 4. The number of carboxylic acids is 2. The van der Waals surface area contributed by atoms with E-state index in [0.717, 1.165) is 6.42 Å². The Morgan fingerprint density at radius 1 is 1.22 bits per heavy atom. The van der Waals surface area contributed by atoms with Crippen LogP contribution in [0.15, 0.2) is 10.2 Å². The molecule has 0 aliphatic heterocycles. The van der Waals surface area contributed by atoms with E-state index in [1.54, 1.807) is 0 Å². The molecule has 6 nitrogen and oxygen atoms in total. The van der Waals surface area contributed by atoms with Crippen LogP contribution in [-0.4, -0.2) is 35.2 Å². The highest BCUT2D eigenvalue weighted by atomic mass is 16.4. The van der Waals surface area contributed by atoms with Crippen molar-refractivity contribution in [3.63, 3.8) is 0 Å². The van der Waals surface area contributed by atoms with Crippen LogP contribution < -0.4 is 0 Å². The molecule has 0 saturated heterocycles. The molecule has 6 heteroatoms. The lowest BCUT2D eigenvalue weighted by Crippen LogP contribution is -2.33. The van der Waals surface area contributed by atoms with Crippen LogP contribution in [-0.2, 0) is 9.59 Å². The van der Waals surface area contributed by atoms with Gasteiger partial charge in [-0.2, -0.15) is 10.2 Å². The molecule has 2 N–H and O–H groups in total. The Hall–Kier alpha value is -1.46. The highest BCUT2D eigenvalue weighted by Gasteiger charge is 2.35. The van der Waals surface area contributed by atoms with Crippen molar-refractivity contribution in [1.29, 1.82) is 0 Å². The van der Waals surface area contributed by atoms with Crippen LogP contribution in [0.3, 0.4) is 0 Å². The molecule has 104 valence electrons. The average Bonchev–Trinajstić information content (AvgIpc) is 2.32. The summed E-state index contributed by atoms with van der Waals surface area (Å²) in [5, 5.41) is 25.5. The fraction of sp³-hybridized carbons (Fsp3) is 0.833. The molecule has 0 amide bonds. The lowest BCUT2D eigenvalue weighted by molar-refractivity contribution is -0.149. The molecule has 2 unspecified atom stereocenters. The fourth-order valence-corrected chi connectivity index (χ4v) is 1.62. The normalized spacial score (nSPS) is 16.4. The molecular formula is C12H22N2O4. The summed E-state index contributed by atoms with van der Waals surface area (Å²) in [6.45, 7) is 5.48. The number of carboxylic acid groups (broad SMARTS) is 2. The summed E-state index contributed by atoms with van der Waals surface area (Å²) in [5.41, 5.74) is -0.870. The van der Waals surface area contributed by atoms with Gasteiger partial charge in [0.25, 0.3) is 0 Å². The number of aliphatic carboxylic acids is 2. The van der Waals surface area contributed by atoms with E-state index >= 15 is 0 Å². The highest BCUT2D eigenvalue weighted by Crippen LogP contribution is 2.29. The smallest absolute Gasteiger partial charge is 0.311 e. The van der Waals surface area contributed by atoms with Gasteiger partial charge in [-0.3, -0.25) is 9.59 Å². The molecule has 0 spiro atoms. The number of nitrogens with zero attached hydrogens (tertiary/aromatic N) is 2. The minimum absolute atomic E-state index is 0.0842. The number of azo groups is 1. The van der Waals surface area contributed by atoms with E-state index in [-0.39, 0.29) is 13.1 Å². The van der Waals surface area contributed by atoms with Gasteiger partial charge in [0, 0.05) is 0 Å². The maximum Gasteiger partial charge on any atom is 0.311 e. The molecule has 0 aromatic carbocycles. The Labute approximate surface area is 107 Å². The average molecular weight is 258 g/mol. The van der Waals surface area contributed by atoms with Crippen LogP contribution in [0.4, 0.5) is 0 Å². The zero-order valence-electron chi connectivity index (χ0n) is 11.2. The van der Waals surface area contributed by atoms with Crippen molar-refractivity contribution in [2.75, 3.05) is 13.1 Å². The summed E-state index contributed by atoms with van der Waals surface area (Å²) in [6.07, 6.45) is 1.80. The molecule has 0 saturated carbocycles. The summed E-state index contributed by atoms with van der Waals surface area (Å²) in [6, 6.07) is 0. The fourth-order valence-electron chi connectivity index (χ4n) is 1.62. The first-order valence-corrected chi connectivity index (χ1v) is 6.19. The molecule has 0 radical (unpaired) electrons. The van der Waals surface area contributed by atoms with Crippen LogP contribution in [0.25, 0.3) is 0 Å². The monoisotopic (exact) mass is 258 g/mol. The minimum Gasteiger partial charge on any atom is -0.481 e. The zero-order chi connectivity index (χ0) is 14.2. The largest absolute Gasteiger partial charge is 0.481 e. The standard InChI is InChI=1S/C12H22N2O4/c1-4-6-12(5-2,11(17)18)8-14-13-7-9(3)10(15)16/h9H,4-8H2,1-3H3,(H,15,16)(H,17,18). The molecule has 2 atom stereocenters. The first-order chi connectivity index (χ1) is 8.39. The van der Waals surface area contributed by atoms with Crippen molar-refractivity contribution in [1.82, 2.24) is 0 Å². The van der Waals surface area contributed by atoms with Crippen LogP contribution in [0.5, 0.6) is 0 Å². The third kappa shape index (κ3) is 4.81. The third-order valence-corrected chi connectivity index (χ3v) is 3.11. The predicted molar refractivity (Wildman–Crippen MR) is 66.7 cm³/mol. The molecule has 0 aromatic heterocycles. The van der Waals surface area contributed by atoms with Gasteiger partial charge in [-0.05, 0) is 12.8 Å². The van der Waals surface area contributed by atoms with Crippen molar-refractivity contribution >= 4 is 11.9 Å². The molecule has 0 fully saturated rings. The summed E-state index contributed by atoms with van der Waals surface area (Å²) in [4.78, 5) is 21.8. The molecule has 0 aliphatic carbocycles. The van der Waals surface area contributed by atoms with Gasteiger partial charge in [0.05, 0.1) is 24.4 Å². The van der Waals surface area contributed by atoms with Gasteiger partial charge in [0.15, 0.2) is 0 Å². The highest BCUT2D eigenvalue weighted by molar-refractivity contribution is 5.74. The maximum absolute atomic E-state index is 11.3. The summed E-state index contributed by atoms with van der Waals surface area (Å²) in [7, 11) is 0. The number of rotatable bonds is 9. The van der Waals surface area contributed by atoms with E-state index in [9.17, 15) is 14.7 Å². The Bertz CT molecular complexity index is 317. The van der Waals surface area contributed by atoms with Crippen LogP contribution in [0, 0.1) is 11.3 Å². The molecule has 0 aliphatic rings. The topological polar surface area (TPSA) is 99.3 Å². The molecule has 0 heterocycles. The van der Waals surface area contributed by atoms with Gasteiger partial charge in [0.1, 0.15) is 0 Å². The first kappa shape index (κ1) is 16.5. The molecule has 0 rings (SSSR count). The van der Waals surface area contributed by atoms with Gasteiger partial charge < -0.3 is 10.2 Å². The third-order valence-electron chi connectivity index (χ3n) is 3.11. The van der Waals surface area contributed by atoms with Gasteiger partial charge >= 0.3 is 11.9 Å². The molecule has 0 aromatic rings. The van der Waals surface area contributed by atoms with Crippen molar-refractivity contribution in [2.45, 2.75) is 40.0 Å². The van der Waals surface area contributed by atoms with Gasteiger partial charge in [-0.25, -0.2) is 0 Å². The van der Waals surface area contributed by atoms with Gasteiger partial charge in [-0.1, -0.05) is 27.2 Å². The maximum atomic E-state index is 11.3. The van der Waals surface area contributed by atoms with Crippen molar-refractivity contribution in [3.8, 4) is 0 Å². The van der Waals surface area contributed by atoms with E-state index in [1.807, 2.05) is 13.8 Å². The first-order valence-electron chi connectivity index (χ1n) is 6.19. The minimum atomic E-state index is -0.928. The predicted octanol–water partition coefficient (Wildman–Crippen LogP) is 2.44. The zero-order valence-corrected chi connectivity index (χ0v) is 11.2. The van der Waals surface area contributed by atoms with Gasteiger partial charge in [0.2, 0.25) is 0 Å². The van der Waals surface area contributed by atoms with Crippen LogP contribution in [0.1, 0.15) is 40.0 Å². The summed E-state index contributed by atoms with van der Waals surface area (Å²) >= 11 is 0. The second-order valence-corrected chi connectivity index (χ2v) is 4.55. The van der Waals surface area contributed by atoms with E-state index in [2.05, 4.69) is 10.2 Å². The molecule has 18 heavy (non-hydrogen) atoms. The Kier molecular flexibility index (Phi) is 7.16.